The third kappa shape index (κ3) is 6.13. The average Bonchev–Trinajstić information content (AvgIpc) is 2.77. The lowest BCUT2D eigenvalue weighted by Crippen LogP contribution is -2.12. The number of halogens is 2. The molecule has 0 heterocycles. The molecule has 3 nitrogen and oxygen atoms in total. The first-order valence-electron chi connectivity index (χ1n) is 10.0. The Bertz CT molecular complexity index is 1070. The van der Waals surface area contributed by atoms with Crippen molar-refractivity contribution in [1.29, 1.82) is 0 Å². The Balaban J connectivity index is 1.59. The normalized spacial score (nSPS) is 12.5. The van der Waals surface area contributed by atoms with Crippen LogP contribution in [0.4, 0.5) is 0 Å². The quantitative estimate of drug-likeness (QED) is 0.385. The molecule has 0 amide bonds. The van der Waals surface area contributed by atoms with Crippen LogP contribution in [0.25, 0.3) is 16.7 Å². The monoisotopic (exact) mass is 454 g/mol. The van der Waals surface area contributed by atoms with Crippen LogP contribution < -0.4 is 4.74 Å². The molecule has 5 heteroatoms. The maximum absolute atomic E-state index is 11.0. The number of hydrogen-bond acceptors (Lipinski definition) is 2. The second-order valence-electron chi connectivity index (χ2n) is 7.46. The van der Waals surface area contributed by atoms with E-state index in [1.165, 1.54) is 0 Å². The van der Waals surface area contributed by atoms with Crippen LogP contribution in [0.15, 0.2) is 72.8 Å². The van der Waals surface area contributed by atoms with Gasteiger partial charge in [-0.25, -0.2) is 0 Å². The highest BCUT2D eigenvalue weighted by atomic mass is 35.5. The van der Waals surface area contributed by atoms with Crippen molar-refractivity contribution in [2.75, 3.05) is 6.61 Å². The average molecular weight is 455 g/mol. The third-order valence-electron chi connectivity index (χ3n) is 5.13. The van der Waals surface area contributed by atoms with E-state index in [-0.39, 0.29) is 0 Å². The largest absolute Gasteiger partial charge is 0.490 e. The molecule has 0 fully saturated rings. The summed E-state index contributed by atoms with van der Waals surface area (Å²) in [6, 6.07) is 21.3. The van der Waals surface area contributed by atoms with E-state index < -0.39 is 11.9 Å². The van der Waals surface area contributed by atoms with E-state index in [4.69, 9.17) is 33.0 Å². The van der Waals surface area contributed by atoms with E-state index in [0.29, 0.717) is 23.1 Å². The third-order valence-corrected chi connectivity index (χ3v) is 5.95. The van der Waals surface area contributed by atoms with E-state index in [1.54, 1.807) is 13.0 Å². The standard InChI is InChI=1S/C26H24Cl2O3/c1-17(14-15-31-22-12-6-19(7-13-22)16-18(2)26(29)30)20-8-10-21(11-9-20)23-4-3-5-24(27)25(23)28/h3-14,18H,15-16H2,1-2H3,(H,29,30)/b17-14+. The molecule has 0 radical (unpaired) electrons. The fourth-order valence-corrected chi connectivity index (χ4v) is 3.59. The van der Waals surface area contributed by atoms with Gasteiger partial charge in [0.15, 0.2) is 0 Å². The van der Waals surface area contributed by atoms with E-state index >= 15 is 0 Å². The number of hydrogen-bond donors (Lipinski definition) is 1. The Hall–Kier alpha value is -2.75. The summed E-state index contributed by atoms with van der Waals surface area (Å²) in [7, 11) is 0. The molecule has 3 aromatic rings. The molecule has 0 spiro atoms. The number of carbonyl (C=O) groups is 1. The molecular weight excluding hydrogens is 431 g/mol. The summed E-state index contributed by atoms with van der Waals surface area (Å²) in [5, 5.41) is 10.1. The first-order chi connectivity index (χ1) is 14.8. The molecule has 1 N–H and O–H groups in total. The van der Waals surface area contributed by atoms with Crippen molar-refractivity contribution in [3.8, 4) is 16.9 Å². The molecule has 3 aromatic carbocycles. The van der Waals surface area contributed by atoms with Gasteiger partial charge in [0.2, 0.25) is 0 Å². The molecule has 0 aromatic heterocycles. The van der Waals surface area contributed by atoms with Crippen molar-refractivity contribution >= 4 is 34.7 Å². The number of carboxylic acids is 1. The molecule has 0 aliphatic rings. The van der Waals surface area contributed by atoms with E-state index in [9.17, 15) is 4.79 Å². The van der Waals surface area contributed by atoms with E-state index in [2.05, 4.69) is 12.1 Å². The number of carboxylic acid groups (broad SMARTS) is 1. The minimum absolute atomic E-state index is 0.404. The Labute approximate surface area is 192 Å². The van der Waals surface area contributed by atoms with Gasteiger partial charge in [-0.15, -0.1) is 0 Å². The molecule has 0 aliphatic heterocycles. The van der Waals surface area contributed by atoms with Crippen molar-refractivity contribution in [2.45, 2.75) is 20.3 Å². The molecule has 0 saturated carbocycles. The van der Waals surface area contributed by atoms with E-state index in [1.807, 2.05) is 61.5 Å². The summed E-state index contributed by atoms with van der Waals surface area (Å²) < 4.78 is 5.80. The summed E-state index contributed by atoms with van der Waals surface area (Å²) in [4.78, 5) is 11.0. The summed E-state index contributed by atoms with van der Waals surface area (Å²) in [6.45, 7) is 4.19. The van der Waals surface area contributed by atoms with Crippen LogP contribution >= 0.6 is 23.2 Å². The topological polar surface area (TPSA) is 46.5 Å². The van der Waals surface area contributed by atoms with Gasteiger partial charge in [0.05, 0.1) is 16.0 Å². The van der Waals surface area contributed by atoms with Gasteiger partial charge in [-0.3, -0.25) is 4.79 Å². The van der Waals surface area contributed by atoms with E-state index in [0.717, 1.165) is 33.6 Å². The van der Waals surface area contributed by atoms with Gasteiger partial charge in [0.1, 0.15) is 12.4 Å². The van der Waals surface area contributed by atoms with Gasteiger partial charge in [-0.05, 0) is 59.9 Å². The second kappa shape index (κ2) is 10.5. The zero-order valence-corrected chi connectivity index (χ0v) is 19.0. The fraction of sp³-hybridized carbons (Fsp3) is 0.192. The molecule has 1 unspecified atom stereocenters. The highest BCUT2D eigenvalue weighted by Gasteiger charge is 2.11. The van der Waals surface area contributed by atoms with Crippen LogP contribution in [-0.2, 0) is 11.2 Å². The maximum atomic E-state index is 11.0. The Morgan fingerprint density at radius 1 is 1.03 bits per heavy atom. The summed E-state index contributed by atoms with van der Waals surface area (Å²) in [5.41, 5.74) is 5.11. The van der Waals surface area contributed by atoms with Gasteiger partial charge in [0, 0.05) is 5.56 Å². The van der Waals surface area contributed by atoms with Crippen molar-refractivity contribution in [3.05, 3.63) is 94.0 Å². The second-order valence-corrected chi connectivity index (χ2v) is 8.25. The minimum Gasteiger partial charge on any atom is -0.490 e. The predicted octanol–water partition coefficient (Wildman–Crippen LogP) is 7.41. The van der Waals surface area contributed by atoms with Crippen LogP contribution in [0.3, 0.4) is 0 Å². The number of ether oxygens (including phenoxy) is 1. The molecular formula is C26H24Cl2O3. The van der Waals surface area contributed by atoms with Crippen LogP contribution in [0.2, 0.25) is 10.0 Å². The Morgan fingerprint density at radius 3 is 2.35 bits per heavy atom. The summed E-state index contributed by atoms with van der Waals surface area (Å²) >= 11 is 12.4. The van der Waals surface area contributed by atoms with Crippen LogP contribution in [0.1, 0.15) is 25.0 Å². The van der Waals surface area contributed by atoms with Crippen molar-refractivity contribution < 1.29 is 14.6 Å². The molecule has 0 bridgehead atoms. The van der Waals surface area contributed by atoms with Gasteiger partial charge >= 0.3 is 5.97 Å². The van der Waals surface area contributed by atoms with Crippen LogP contribution in [-0.4, -0.2) is 17.7 Å². The first kappa shape index (κ1) is 22.9. The molecule has 31 heavy (non-hydrogen) atoms. The van der Waals surface area contributed by atoms with Crippen LogP contribution in [0, 0.1) is 5.92 Å². The zero-order valence-electron chi connectivity index (χ0n) is 17.4. The lowest BCUT2D eigenvalue weighted by Gasteiger charge is -2.09. The Morgan fingerprint density at radius 2 is 1.71 bits per heavy atom. The van der Waals surface area contributed by atoms with Gasteiger partial charge < -0.3 is 9.84 Å². The number of aliphatic carboxylic acids is 1. The Kier molecular flexibility index (Phi) is 7.78. The highest BCUT2D eigenvalue weighted by Crippen LogP contribution is 2.33. The lowest BCUT2D eigenvalue weighted by atomic mass is 10.0. The first-order valence-corrected chi connectivity index (χ1v) is 10.8. The van der Waals surface area contributed by atoms with Crippen molar-refractivity contribution in [3.63, 3.8) is 0 Å². The fourth-order valence-electron chi connectivity index (χ4n) is 3.18. The van der Waals surface area contributed by atoms with Crippen molar-refractivity contribution in [1.82, 2.24) is 0 Å². The minimum atomic E-state index is -0.787. The SMILES string of the molecule is C/C(=C\COc1ccc(CC(C)C(=O)O)cc1)c1ccc(-c2cccc(Cl)c2Cl)cc1. The highest BCUT2D eigenvalue weighted by molar-refractivity contribution is 6.43. The number of benzene rings is 3. The van der Waals surface area contributed by atoms with Gasteiger partial charge in [0.25, 0.3) is 0 Å². The summed E-state index contributed by atoms with van der Waals surface area (Å²) in [5.74, 6) is -0.440. The van der Waals surface area contributed by atoms with Crippen molar-refractivity contribution in [2.24, 2.45) is 5.92 Å². The summed E-state index contributed by atoms with van der Waals surface area (Å²) in [6.07, 6.45) is 2.53. The lowest BCUT2D eigenvalue weighted by molar-refractivity contribution is -0.141. The smallest absolute Gasteiger partial charge is 0.306 e. The molecule has 1 atom stereocenters. The van der Waals surface area contributed by atoms with Crippen LogP contribution in [0.5, 0.6) is 5.75 Å². The molecule has 160 valence electrons. The molecule has 3 rings (SSSR count). The molecule has 0 saturated heterocycles. The van der Waals surface area contributed by atoms with Gasteiger partial charge in [-0.1, -0.05) is 78.7 Å². The number of rotatable bonds is 8. The van der Waals surface area contributed by atoms with Gasteiger partial charge in [-0.2, -0.15) is 0 Å². The predicted molar refractivity (Wildman–Crippen MR) is 128 cm³/mol. The maximum Gasteiger partial charge on any atom is 0.306 e. The number of allylic oxidation sites excluding steroid dienone is 1. The molecule has 0 aliphatic carbocycles. The zero-order chi connectivity index (χ0) is 22.4.